The van der Waals surface area contributed by atoms with Crippen LogP contribution >= 0.6 is 0 Å². The van der Waals surface area contributed by atoms with Gasteiger partial charge in [-0.3, -0.25) is 0 Å². The van der Waals surface area contributed by atoms with Crippen molar-refractivity contribution >= 4 is 0 Å². The number of rotatable bonds is 5. The van der Waals surface area contributed by atoms with Gasteiger partial charge in [-0.1, -0.05) is 92.7 Å². The summed E-state index contributed by atoms with van der Waals surface area (Å²) in [6.07, 6.45) is 2.02. The smallest absolute Gasteiger partial charge is 0.0925 e. The maximum absolute atomic E-state index is 7.13. The first-order valence-electron chi connectivity index (χ1n) is 8.72. The Labute approximate surface area is 145 Å². The lowest BCUT2D eigenvalue weighted by Crippen LogP contribution is -2.40. The molecule has 122 valence electrons. The second kappa shape index (κ2) is 7.02. The molecule has 0 heterocycles. The summed E-state index contributed by atoms with van der Waals surface area (Å²) in [5, 5.41) is 0. The number of aryl methyl sites for hydroxylation is 2. The molecule has 1 nitrogen and oxygen atoms in total. The van der Waals surface area contributed by atoms with Gasteiger partial charge in [-0.25, -0.2) is 0 Å². The van der Waals surface area contributed by atoms with Crippen LogP contribution in [0.15, 0.2) is 78.9 Å². The van der Waals surface area contributed by atoms with Crippen LogP contribution in [0.5, 0.6) is 0 Å². The highest BCUT2D eigenvalue weighted by Crippen LogP contribution is 2.36. The Kier molecular flexibility index (Phi) is 4.82. The van der Waals surface area contributed by atoms with E-state index in [0.29, 0.717) is 0 Å². The fraction of sp³-hybridized carbons (Fsp3) is 0.217. The maximum atomic E-state index is 7.13. The maximum Gasteiger partial charge on any atom is 0.0925 e. The molecule has 0 aliphatic carbocycles. The molecule has 0 fully saturated rings. The Morgan fingerprint density at radius 3 is 1.71 bits per heavy atom. The summed E-state index contributed by atoms with van der Waals surface area (Å²) in [6, 6.07) is 27.6. The summed E-state index contributed by atoms with van der Waals surface area (Å²) >= 11 is 0. The molecule has 0 aromatic heterocycles. The van der Waals surface area contributed by atoms with Gasteiger partial charge in [0.05, 0.1) is 5.54 Å². The van der Waals surface area contributed by atoms with Gasteiger partial charge in [0.15, 0.2) is 0 Å². The topological polar surface area (TPSA) is 26.0 Å². The van der Waals surface area contributed by atoms with E-state index in [0.717, 1.165) is 24.0 Å². The van der Waals surface area contributed by atoms with Gasteiger partial charge in [-0.15, -0.1) is 0 Å². The lowest BCUT2D eigenvalue weighted by Gasteiger charge is -2.33. The SMILES string of the molecule is CCc1ccc(C(N)(c2ccccc2)c2ccccc2)c(CC)c1. The van der Waals surface area contributed by atoms with E-state index >= 15 is 0 Å². The first-order valence-corrected chi connectivity index (χ1v) is 8.72. The molecule has 2 N–H and O–H groups in total. The Hall–Kier alpha value is -2.38. The highest BCUT2D eigenvalue weighted by molar-refractivity contribution is 5.52. The van der Waals surface area contributed by atoms with Crippen LogP contribution in [-0.2, 0) is 18.4 Å². The molecule has 0 spiro atoms. The van der Waals surface area contributed by atoms with E-state index in [2.05, 4.69) is 80.6 Å². The molecule has 1 heteroatoms. The Balaban J connectivity index is 2.27. The van der Waals surface area contributed by atoms with E-state index < -0.39 is 5.54 Å². The molecule has 0 radical (unpaired) electrons. The average molecular weight is 315 g/mol. The number of hydrogen-bond acceptors (Lipinski definition) is 1. The van der Waals surface area contributed by atoms with Crippen molar-refractivity contribution in [2.24, 2.45) is 5.73 Å². The summed E-state index contributed by atoms with van der Waals surface area (Å²) in [7, 11) is 0. The first kappa shape index (κ1) is 16.5. The lowest BCUT2D eigenvalue weighted by molar-refractivity contribution is 0.643. The largest absolute Gasteiger partial charge is 0.314 e. The third-order valence-corrected chi connectivity index (χ3v) is 4.84. The molecule has 0 aliphatic heterocycles. The van der Waals surface area contributed by atoms with Gasteiger partial charge in [0.1, 0.15) is 0 Å². The molecule has 0 bridgehead atoms. The molecular formula is C23H25N. The summed E-state index contributed by atoms with van der Waals surface area (Å²) in [6.45, 7) is 4.40. The fourth-order valence-corrected chi connectivity index (χ4v) is 3.42. The summed E-state index contributed by atoms with van der Waals surface area (Å²) in [5.74, 6) is 0. The normalized spacial score (nSPS) is 11.5. The lowest BCUT2D eigenvalue weighted by atomic mass is 9.75. The minimum absolute atomic E-state index is 0.639. The molecule has 0 saturated heterocycles. The van der Waals surface area contributed by atoms with E-state index in [1.54, 1.807) is 0 Å². The van der Waals surface area contributed by atoms with Gasteiger partial charge in [-0.05, 0) is 40.7 Å². The standard InChI is InChI=1S/C23H25N/c1-3-18-15-16-22(19(4-2)17-18)23(24,20-11-7-5-8-12-20)21-13-9-6-10-14-21/h5-17H,3-4,24H2,1-2H3. The zero-order valence-electron chi connectivity index (χ0n) is 14.5. The minimum Gasteiger partial charge on any atom is -0.314 e. The first-order chi connectivity index (χ1) is 11.7. The van der Waals surface area contributed by atoms with E-state index in [-0.39, 0.29) is 0 Å². The van der Waals surface area contributed by atoms with Gasteiger partial charge < -0.3 is 5.73 Å². The third-order valence-electron chi connectivity index (χ3n) is 4.84. The van der Waals surface area contributed by atoms with Crippen LogP contribution in [0.25, 0.3) is 0 Å². The van der Waals surface area contributed by atoms with Crippen LogP contribution in [0.3, 0.4) is 0 Å². The molecule has 0 amide bonds. The van der Waals surface area contributed by atoms with Gasteiger partial charge >= 0.3 is 0 Å². The van der Waals surface area contributed by atoms with Crippen molar-refractivity contribution < 1.29 is 0 Å². The summed E-state index contributed by atoms with van der Waals surface area (Å²) in [5.41, 5.74) is 12.6. The Bertz CT molecular complexity index is 751. The van der Waals surface area contributed by atoms with Crippen molar-refractivity contribution in [3.8, 4) is 0 Å². The van der Waals surface area contributed by atoms with Crippen LogP contribution in [0.2, 0.25) is 0 Å². The molecule has 0 saturated carbocycles. The highest BCUT2D eigenvalue weighted by Gasteiger charge is 2.33. The van der Waals surface area contributed by atoms with Crippen LogP contribution in [0, 0.1) is 0 Å². The van der Waals surface area contributed by atoms with E-state index in [1.807, 2.05) is 12.1 Å². The highest BCUT2D eigenvalue weighted by atomic mass is 14.8. The molecule has 3 rings (SSSR count). The quantitative estimate of drug-likeness (QED) is 0.654. The predicted molar refractivity (Wildman–Crippen MR) is 102 cm³/mol. The third kappa shape index (κ3) is 2.88. The predicted octanol–water partition coefficient (Wildman–Crippen LogP) is 5.06. The zero-order chi connectivity index (χ0) is 17.0. The van der Waals surface area contributed by atoms with Gasteiger partial charge in [0.2, 0.25) is 0 Å². The van der Waals surface area contributed by atoms with Crippen molar-refractivity contribution in [2.75, 3.05) is 0 Å². The molecule has 0 unspecified atom stereocenters. The van der Waals surface area contributed by atoms with Crippen LogP contribution < -0.4 is 5.73 Å². The van der Waals surface area contributed by atoms with Crippen molar-refractivity contribution in [1.82, 2.24) is 0 Å². The van der Waals surface area contributed by atoms with Crippen molar-refractivity contribution in [2.45, 2.75) is 32.2 Å². The van der Waals surface area contributed by atoms with E-state index in [9.17, 15) is 0 Å². The summed E-state index contributed by atoms with van der Waals surface area (Å²) < 4.78 is 0. The van der Waals surface area contributed by atoms with Gasteiger partial charge in [0, 0.05) is 0 Å². The number of benzene rings is 3. The van der Waals surface area contributed by atoms with Crippen molar-refractivity contribution in [3.63, 3.8) is 0 Å². The van der Waals surface area contributed by atoms with Gasteiger partial charge in [-0.2, -0.15) is 0 Å². The summed E-state index contributed by atoms with van der Waals surface area (Å²) in [4.78, 5) is 0. The second-order valence-electron chi connectivity index (χ2n) is 6.24. The Morgan fingerprint density at radius 2 is 1.25 bits per heavy atom. The number of nitrogens with two attached hydrogens (primary N) is 1. The zero-order valence-corrected chi connectivity index (χ0v) is 14.5. The molecule has 3 aromatic carbocycles. The minimum atomic E-state index is -0.639. The van der Waals surface area contributed by atoms with E-state index in [1.165, 1.54) is 16.7 Å². The fourth-order valence-electron chi connectivity index (χ4n) is 3.42. The average Bonchev–Trinajstić information content (AvgIpc) is 2.68. The number of hydrogen-bond donors (Lipinski definition) is 1. The van der Waals surface area contributed by atoms with E-state index in [4.69, 9.17) is 5.73 Å². The molecule has 3 aromatic rings. The Morgan fingerprint density at radius 1 is 0.708 bits per heavy atom. The van der Waals surface area contributed by atoms with Crippen LogP contribution in [0.1, 0.15) is 41.7 Å². The molecular weight excluding hydrogens is 290 g/mol. The van der Waals surface area contributed by atoms with Crippen molar-refractivity contribution in [1.29, 1.82) is 0 Å². The molecule has 0 atom stereocenters. The van der Waals surface area contributed by atoms with Crippen molar-refractivity contribution in [3.05, 3.63) is 107 Å². The molecule has 24 heavy (non-hydrogen) atoms. The molecule has 0 aliphatic rings. The second-order valence-corrected chi connectivity index (χ2v) is 6.24. The van der Waals surface area contributed by atoms with Gasteiger partial charge in [0.25, 0.3) is 0 Å². The monoisotopic (exact) mass is 315 g/mol. The van der Waals surface area contributed by atoms with Crippen LogP contribution in [0.4, 0.5) is 0 Å². The van der Waals surface area contributed by atoms with Crippen LogP contribution in [-0.4, -0.2) is 0 Å².